The molecule has 3 fully saturated rings. The van der Waals surface area contributed by atoms with E-state index in [4.69, 9.17) is 14.6 Å². The van der Waals surface area contributed by atoms with Gasteiger partial charge in [-0.15, -0.1) is 0 Å². The molecule has 0 radical (unpaired) electrons. The average molecular weight is 924 g/mol. The number of likely N-dealkylation sites (tertiary alicyclic amines) is 1. The van der Waals surface area contributed by atoms with Crippen molar-refractivity contribution < 1.29 is 23.7 Å². The third-order valence-electron chi connectivity index (χ3n) is 13.7. The maximum absolute atomic E-state index is 13.4. The molecule has 18 heteroatoms. The minimum Gasteiger partial charge on any atom is -0.372 e. The molecule has 4 aromatic heterocycles. The summed E-state index contributed by atoms with van der Waals surface area (Å²) in [5.74, 6) is 0.392. The average Bonchev–Trinajstić information content (AvgIpc) is 4.07. The second kappa shape index (κ2) is 19.0. The van der Waals surface area contributed by atoms with Gasteiger partial charge in [0.2, 0.25) is 11.8 Å². The van der Waals surface area contributed by atoms with Gasteiger partial charge < -0.3 is 29.9 Å². The molecule has 1 atom stereocenters. The summed E-state index contributed by atoms with van der Waals surface area (Å²) in [6, 6.07) is 15.7. The summed E-state index contributed by atoms with van der Waals surface area (Å²) in [6.07, 6.45) is 5.59. The number of nitrogens with zero attached hydrogens (tertiary/aromatic N) is 9. The first-order valence-electron chi connectivity index (χ1n) is 23.7. The second-order valence-electron chi connectivity index (χ2n) is 19.5. The Bertz CT molecular complexity index is 2840. The quantitative estimate of drug-likeness (QED) is 0.101. The molecular formula is C50H61N13O5. The normalized spacial score (nSPS) is 17.0. The summed E-state index contributed by atoms with van der Waals surface area (Å²) >= 11 is 0. The van der Waals surface area contributed by atoms with Gasteiger partial charge in [-0.3, -0.25) is 29.3 Å². The van der Waals surface area contributed by atoms with Crippen LogP contribution in [0.3, 0.4) is 0 Å². The predicted octanol–water partition coefficient (Wildman–Crippen LogP) is 6.70. The van der Waals surface area contributed by atoms with E-state index in [1.165, 1.54) is 0 Å². The van der Waals surface area contributed by atoms with Gasteiger partial charge in [0.25, 0.3) is 0 Å². The van der Waals surface area contributed by atoms with E-state index in [0.717, 1.165) is 113 Å². The molecule has 7 heterocycles. The number of nitrogens with one attached hydrogen (secondary N) is 4. The van der Waals surface area contributed by atoms with E-state index in [1.54, 1.807) is 11.2 Å². The van der Waals surface area contributed by atoms with Crippen molar-refractivity contribution in [3.8, 4) is 22.5 Å². The lowest BCUT2D eigenvalue weighted by molar-refractivity contribution is -0.131. The monoisotopic (exact) mass is 923 g/mol. The van der Waals surface area contributed by atoms with Crippen LogP contribution in [0, 0.1) is 26.7 Å². The molecule has 3 aliphatic heterocycles. The van der Waals surface area contributed by atoms with Crippen molar-refractivity contribution >= 4 is 46.2 Å². The molecule has 0 bridgehead atoms. The van der Waals surface area contributed by atoms with Crippen molar-refractivity contribution in [3.05, 3.63) is 89.1 Å². The largest absolute Gasteiger partial charge is 0.372 e. The molecule has 356 valence electrons. The zero-order valence-electron chi connectivity index (χ0n) is 40.0. The van der Waals surface area contributed by atoms with Crippen LogP contribution < -0.4 is 25.8 Å². The Kier molecular flexibility index (Phi) is 12.9. The van der Waals surface area contributed by atoms with Gasteiger partial charge in [-0.25, -0.2) is 14.8 Å². The number of carbonyl (C=O) groups excluding carboxylic acids is 4. The van der Waals surface area contributed by atoms with Crippen molar-refractivity contribution in [2.45, 2.75) is 98.1 Å². The molecule has 3 saturated heterocycles. The number of carbonyl (C=O) groups is 4. The molecule has 6 aromatic rings. The number of urea groups is 1. The van der Waals surface area contributed by atoms with Crippen molar-refractivity contribution in [1.29, 1.82) is 0 Å². The Hall–Kier alpha value is -6.95. The minimum atomic E-state index is -0.421. The fraction of sp³-hybridized carbons (Fsp3) is 0.460. The maximum atomic E-state index is 13.4. The molecule has 4 N–H and O–H groups in total. The number of imide groups is 1. The van der Waals surface area contributed by atoms with Crippen molar-refractivity contribution in [2.75, 3.05) is 55.6 Å². The van der Waals surface area contributed by atoms with Crippen LogP contribution in [0.1, 0.15) is 111 Å². The number of aryl methyl sites for hydroxylation is 2. The minimum absolute atomic E-state index is 0.0591. The Morgan fingerprint density at radius 1 is 0.912 bits per heavy atom. The first-order valence-corrected chi connectivity index (χ1v) is 23.7. The number of piperidine rings is 2. The lowest BCUT2D eigenvalue weighted by Gasteiger charge is -2.35. The molecular weight excluding hydrogens is 863 g/mol. The number of H-pyrrole nitrogens is 1. The van der Waals surface area contributed by atoms with Crippen molar-refractivity contribution in [2.24, 2.45) is 5.92 Å². The highest BCUT2D eigenvalue weighted by Crippen LogP contribution is 2.36. The third kappa shape index (κ3) is 9.59. The van der Waals surface area contributed by atoms with E-state index in [2.05, 4.69) is 64.7 Å². The zero-order valence-corrected chi connectivity index (χ0v) is 40.0. The number of fused-ring (bicyclic) bond motifs is 1. The Labute approximate surface area is 395 Å². The molecule has 0 aliphatic carbocycles. The molecule has 5 amide bonds. The fourth-order valence-corrected chi connectivity index (χ4v) is 9.88. The highest BCUT2D eigenvalue weighted by Gasteiger charge is 2.30. The second-order valence-corrected chi connectivity index (χ2v) is 19.5. The first-order chi connectivity index (χ1) is 32.6. The van der Waals surface area contributed by atoms with Crippen LogP contribution in [0.4, 0.5) is 16.2 Å². The number of hydrogen-bond donors (Lipinski definition) is 4. The van der Waals surface area contributed by atoms with Crippen LogP contribution in [-0.2, 0) is 15.0 Å². The molecule has 68 heavy (non-hydrogen) atoms. The van der Waals surface area contributed by atoms with Crippen LogP contribution >= 0.6 is 0 Å². The summed E-state index contributed by atoms with van der Waals surface area (Å²) in [7, 11) is 0. The number of rotatable bonds is 12. The number of aromatic nitrogens is 7. The lowest BCUT2D eigenvalue weighted by Crippen LogP contribution is -2.49. The first kappa shape index (κ1) is 46.2. The van der Waals surface area contributed by atoms with E-state index in [-0.39, 0.29) is 41.2 Å². The van der Waals surface area contributed by atoms with E-state index in [1.807, 2.05) is 82.8 Å². The smallest absolute Gasteiger partial charge is 0.328 e. The summed E-state index contributed by atoms with van der Waals surface area (Å²) in [5, 5.41) is 18.8. The van der Waals surface area contributed by atoms with Gasteiger partial charge in [-0.1, -0.05) is 38.1 Å². The van der Waals surface area contributed by atoms with E-state index in [9.17, 15) is 19.2 Å². The van der Waals surface area contributed by atoms with Crippen LogP contribution in [0.15, 0.2) is 59.4 Å². The van der Waals surface area contributed by atoms with Crippen LogP contribution in [0.5, 0.6) is 0 Å². The number of aromatic amines is 1. The fourth-order valence-electron chi connectivity index (χ4n) is 9.88. The summed E-state index contributed by atoms with van der Waals surface area (Å²) < 4.78 is 7.40. The zero-order chi connectivity index (χ0) is 47.9. The van der Waals surface area contributed by atoms with Crippen LogP contribution in [0.2, 0.25) is 0 Å². The van der Waals surface area contributed by atoms with Gasteiger partial charge >= 0.3 is 17.8 Å². The van der Waals surface area contributed by atoms with Crippen LogP contribution in [0.25, 0.3) is 33.5 Å². The molecule has 2 aromatic carbocycles. The Morgan fingerprint density at radius 2 is 1.65 bits per heavy atom. The van der Waals surface area contributed by atoms with Gasteiger partial charge in [-0.05, 0) is 113 Å². The van der Waals surface area contributed by atoms with E-state index >= 15 is 0 Å². The standard InChI is InChI=1S/C50H61N13O5/c1-29-24-34(8-13-38(29)30(2)54-46(66)47-57-48(59-68-47)50(5,6)7)44-39-25-40(55-45(39)53-28-52-44)43-31(3)58-63(32(43)4)37-16-21-61(22-17-37)42(65)27-51-26-33-14-19-60(20-15-33)35-9-11-36(12-10-35)62-23-18-41(64)56-49(62)67/h8-13,24-25,28,30,33,37,51H,14-23,26-27H2,1-7H3,(H,54,66)(H,52,53,55)(H,56,64,67)/t30-/m1/s1. The van der Waals surface area contributed by atoms with E-state index < -0.39 is 5.91 Å². The summed E-state index contributed by atoms with van der Waals surface area (Å²) in [4.78, 5) is 73.2. The Balaban J connectivity index is 0.763. The summed E-state index contributed by atoms with van der Waals surface area (Å²) in [5.41, 5.74) is 9.94. The molecule has 0 unspecified atom stereocenters. The topological polar surface area (TPSA) is 212 Å². The van der Waals surface area contributed by atoms with Crippen LogP contribution in [-0.4, -0.2) is 109 Å². The maximum Gasteiger partial charge on any atom is 0.328 e. The lowest BCUT2D eigenvalue weighted by atomic mass is 9.96. The molecule has 18 nitrogen and oxygen atoms in total. The van der Waals surface area contributed by atoms with Crippen molar-refractivity contribution in [1.82, 2.24) is 55.7 Å². The number of amides is 5. The number of hydrogen-bond acceptors (Lipinski definition) is 12. The Morgan fingerprint density at radius 3 is 2.34 bits per heavy atom. The van der Waals surface area contributed by atoms with Gasteiger partial charge in [-0.2, -0.15) is 10.1 Å². The van der Waals surface area contributed by atoms with Gasteiger partial charge in [0, 0.05) is 78.1 Å². The third-order valence-corrected chi connectivity index (χ3v) is 13.7. The SMILES string of the molecule is Cc1cc(-c2ncnc3[nH]c(-c4c(C)nn(C5CCN(C(=O)CNCC6CCN(c7ccc(N8CCC(=O)NC8=O)cc7)CC6)CC5)c4C)cc23)ccc1[C@@H](C)NC(=O)c1nc(C(C)(C)C)no1. The molecule has 3 aliphatic rings. The number of anilines is 2. The molecule has 9 rings (SSSR count). The van der Waals surface area contributed by atoms with Gasteiger partial charge in [0.1, 0.15) is 12.0 Å². The van der Waals surface area contributed by atoms with Gasteiger partial charge in [0.15, 0.2) is 5.82 Å². The highest BCUT2D eigenvalue weighted by molar-refractivity contribution is 6.05. The van der Waals surface area contributed by atoms with Gasteiger partial charge in [0.05, 0.1) is 35.7 Å². The van der Waals surface area contributed by atoms with Crippen molar-refractivity contribution in [3.63, 3.8) is 0 Å². The predicted molar refractivity (Wildman–Crippen MR) is 258 cm³/mol. The molecule has 0 spiro atoms. The summed E-state index contributed by atoms with van der Waals surface area (Å²) in [6.45, 7) is 18.7. The number of benzene rings is 2. The highest BCUT2D eigenvalue weighted by atomic mass is 16.5. The molecule has 0 saturated carbocycles. The van der Waals surface area contributed by atoms with E-state index in [0.29, 0.717) is 44.3 Å².